The minimum atomic E-state index is -3.54. The number of rotatable bonds is 4. The Hall–Kier alpha value is -1.51. The topological polar surface area (TPSA) is 66.4 Å². The number of sulfonamides is 1. The summed E-state index contributed by atoms with van der Waals surface area (Å²) < 4.78 is 26.9. The number of aryl methyl sites for hydroxylation is 2. The molecule has 23 heavy (non-hydrogen) atoms. The van der Waals surface area contributed by atoms with Crippen LogP contribution in [0.25, 0.3) is 0 Å². The van der Waals surface area contributed by atoms with Gasteiger partial charge < -0.3 is 4.90 Å². The van der Waals surface area contributed by atoms with E-state index >= 15 is 0 Å². The van der Waals surface area contributed by atoms with Crippen molar-refractivity contribution in [1.82, 2.24) is 14.5 Å². The van der Waals surface area contributed by atoms with Gasteiger partial charge in [-0.05, 0) is 37.5 Å². The van der Waals surface area contributed by atoms with Gasteiger partial charge in [-0.15, -0.1) is 21.5 Å². The summed E-state index contributed by atoms with van der Waals surface area (Å²) in [6, 6.07) is 5.42. The van der Waals surface area contributed by atoms with Gasteiger partial charge in [0.2, 0.25) is 10.0 Å². The number of hydrogen-bond donors (Lipinski definition) is 0. The molecule has 0 unspecified atom stereocenters. The molecule has 1 aliphatic heterocycles. The predicted octanol–water partition coefficient (Wildman–Crippen LogP) is 2.05. The number of anilines is 1. The molecule has 3 rings (SSSR count). The quantitative estimate of drug-likeness (QED) is 0.842. The molecule has 1 aliphatic rings. The molecular formula is C15H20N4O2S2. The lowest BCUT2D eigenvalue weighted by atomic mass is 10.0. The van der Waals surface area contributed by atoms with Crippen molar-refractivity contribution in [3.63, 3.8) is 0 Å². The summed E-state index contributed by atoms with van der Waals surface area (Å²) in [6.07, 6.45) is 2.10. The summed E-state index contributed by atoms with van der Waals surface area (Å²) in [5.41, 5.74) is 2.22. The molecule has 0 spiro atoms. The Balaban J connectivity index is 1.88. The van der Waals surface area contributed by atoms with E-state index in [1.807, 2.05) is 20.0 Å². The van der Waals surface area contributed by atoms with Crippen LogP contribution in [-0.4, -0.2) is 43.6 Å². The first kappa shape index (κ1) is 16.4. The van der Waals surface area contributed by atoms with E-state index in [2.05, 4.69) is 15.1 Å². The molecule has 0 bridgehead atoms. The monoisotopic (exact) mass is 352 g/mol. The highest BCUT2D eigenvalue weighted by molar-refractivity contribution is 7.89. The van der Waals surface area contributed by atoms with Crippen LogP contribution >= 0.6 is 11.3 Å². The average Bonchev–Trinajstić information content (AvgIpc) is 2.92. The molecule has 124 valence electrons. The van der Waals surface area contributed by atoms with Crippen LogP contribution in [0.3, 0.4) is 0 Å². The first-order valence-electron chi connectivity index (χ1n) is 7.47. The number of hydrogen-bond acceptors (Lipinski definition) is 6. The molecule has 2 heterocycles. The van der Waals surface area contributed by atoms with E-state index in [0.29, 0.717) is 9.90 Å². The predicted molar refractivity (Wildman–Crippen MR) is 91.3 cm³/mol. The first-order valence-corrected chi connectivity index (χ1v) is 9.73. The van der Waals surface area contributed by atoms with Gasteiger partial charge >= 0.3 is 0 Å². The van der Waals surface area contributed by atoms with Crippen LogP contribution in [0.15, 0.2) is 23.1 Å². The van der Waals surface area contributed by atoms with E-state index in [1.54, 1.807) is 19.2 Å². The maximum Gasteiger partial charge on any atom is 0.243 e. The lowest BCUT2D eigenvalue weighted by Crippen LogP contribution is -2.28. The second-order valence-corrected chi connectivity index (χ2v) is 9.10. The maximum atomic E-state index is 12.8. The fourth-order valence-electron chi connectivity index (χ4n) is 2.75. The highest BCUT2D eigenvalue weighted by atomic mass is 32.2. The molecule has 1 aromatic carbocycles. The molecule has 0 saturated heterocycles. The number of aromatic nitrogens is 2. The maximum absolute atomic E-state index is 12.8. The molecule has 0 saturated carbocycles. The average molecular weight is 352 g/mol. The standard InChI is InChI=1S/C15H20N4O2S2/c1-11-16-17-15(22-11)10-19(3)23(20,21)13-7-6-12-5-4-8-18(2)14(12)9-13/h6-7,9H,4-5,8,10H2,1-3H3. The fourth-order valence-corrected chi connectivity index (χ4v) is 4.75. The van der Waals surface area contributed by atoms with E-state index in [1.165, 1.54) is 21.2 Å². The zero-order valence-corrected chi connectivity index (χ0v) is 15.1. The Morgan fingerprint density at radius 1 is 1.35 bits per heavy atom. The number of benzene rings is 1. The van der Waals surface area contributed by atoms with Crippen molar-refractivity contribution in [1.29, 1.82) is 0 Å². The summed E-state index contributed by atoms with van der Waals surface area (Å²) in [6.45, 7) is 3.05. The van der Waals surface area contributed by atoms with Gasteiger partial charge in [-0.3, -0.25) is 0 Å². The van der Waals surface area contributed by atoms with Crippen molar-refractivity contribution in [3.05, 3.63) is 33.8 Å². The highest BCUT2D eigenvalue weighted by Gasteiger charge is 2.24. The number of fused-ring (bicyclic) bond motifs is 1. The van der Waals surface area contributed by atoms with Gasteiger partial charge in [0, 0.05) is 26.3 Å². The Bertz CT molecular complexity index is 817. The Morgan fingerprint density at radius 3 is 2.83 bits per heavy atom. The van der Waals surface area contributed by atoms with Gasteiger partial charge in [0.05, 0.1) is 11.4 Å². The lowest BCUT2D eigenvalue weighted by molar-refractivity contribution is 0.464. The van der Waals surface area contributed by atoms with E-state index in [9.17, 15) is 8.42 Å². The smallest absolute Gasteiger partial charge is 0.243 e. The molecule has 6 nitrogen and oxygen atoms in total. The van der Waals surface area contributed by atoms with E-state index < -0.39 is 10.0 Å². The van der Waals surface area contributed by atoms with Crippen LogP contribution in [-0.2, 0) is 23.0 Å². The van der Waals surface area contributed by atoms with Gasteiger partial charge in [-0.2, -0.15) is 4.31 Å². The summed E-state index contributed by atoms with van der Waals surface area (Å²) in [7, 11) is 0.0414. The summed E-state index contributed by atoms with van der Waals surface area (Å²) in [5, 5.41) is 9.46. The molecular weight excluding hydrogens is 332 g/mol. The van der Waals surface area contributed by atoms with Crippen molar-refractivity contribution in [2.24, 2.45) is 0 Å². The van der Waals surface area contributed by atoms with Crippen molar-refractivity contribution < 1.29 is 8.42 Å². The second kappa shape index (κ2) is 6.18. The summed E-state index contributed by atoms with van der Waals surface area (Å²) in [4.78, 5) is 2.44. The Labute approximate surface area is 140 Å². The van der Waals surface area contributed by atoms with Gasteiger partial charge in [-0.1, -0.05) is 6.07 Å². The Kier molecular flexibility index (Phi) is 4.39. The van der Waals surface area contributed by atoms with Crippen LogP contribution in [0.5, 0.6) is 0 Å². The van der Waals surface area contributed by atoms with Crippen molar-refractivity contribution in [3.8, 4) is 0 Å². The minimum absolute atomic E-state index is 0.237. The van der Waals surface area contributed by atoms with Gasteiger partial charge in [0.1, 0.15) is 10.0 Å². The third kappa shape index (κ3) is 3.24. The first-order chi connectivity index (χ1) is 10.9. The zero-order valence-electron chi connectivity index (χ0n) is 13.5. The molecule has 0 radical (unpaired) electrons. The van der Waals surface area contributed by atoms with Gasteiger partial charge in [0.25, 0.3) is 0 Å². The van der Waals surface area contributed by atoms with Crippen molar-refractivity contribution >= 4 is 27.0 Å². The SMILES string of the molecule is Cc1nnc(CN(C)S(=O)(=O)c2ccc3c(c2)N(C)CCC3)s1. The molecule has 1 aromatic heterocycles. The van der Waals surface area contributed by atoms with Crippen LogP contribution in [0.1, 0.15) is 22.0 Å². The van der Waals surface area contributed by atoms with Crippen molar-refractivity contribution in [2.45, 2.75) is 31.2 Å². The summed E-state index contributed by atoms with van der Waals surface area (Å²) in [5.74, 6) is 0. The summed E-state index contributed by atoms with van der Waals surface area (Å²) >= 11 is 1.41. The molecule has 2 aromatic rings. The fraction of sp³-hybridized carbons (Fsp3) is 0.467. The van der Waals surface area contributed by atoms with Crippen LogP contribution in [0.2, 0.25) is 0 Å². The molecule has 0 amide bonds. The van der Waals surface area contributed by atoms with Gasteiger partial charge in [0.15, 0.2) is 0 Å². The molecule has 0 atom stereocenters. The second-order valence-electron chi connectivity index (χ2n) is 5.79. The largest absolute Gasteiger partial charge is 0.374 e. The van der Waals surface area contributed by atoms with Gasteiger partial charge in [-0.25, -0.2) is 8.42 Å². The normalized spacial score (nSPS) is 15.0. The third-order valence-corrected chi connectivity index (χ3v) is 6.66. The van der Waals surface area contributed by atoms with Crippen LogP contribution in [0, 0.1) is 6.92 Å². The highest BCUT2D eigenvalue weighted by Crippen LogP contribution is 2.30. The van der Waals surface area contributed by atoms with Crippen LogP contribution < -0.4 is 4.90 Å². The molecule has 0 N–H and O–H groups in total. The van der Waals surface area contributed by atoms with Crippen LogP contribution in [0.4, 0.5) is 5.69 Å². The molecule has 0 aliphatic carbocycles. The lowest BCUT2D eigenvalue weighted by Gasteiger charge is -2.28. The molecule has 0 fully saturated rings. The van der Waals surface area contributed by atoms with Crippen molar-refractivity contribution in [2.75, 3.05) is 25.5 Å². The van der Waals surface area contributed by atoms with E-state index in [-0.39, 0.29) is 6.54 Å². The van der Waals surface area contributed by atoms with E-state index in [4.69, 9.17) is 0 Å². The van der Waals surface area contributed by atoms with E-state index in [0.717, 1.165) is 30.1 Å². The molecule has 8 heteroatoms. The third-order valence-electron chi connectivity index (χ3n) is 4.04. The zero-order chi connectivity index (χ0) is 16.6. The Morgan fingerprint density at radius 2 is 2.13 bits per heavy atom. The minimum Gasteiger partial charge on any atom is -0.374 e. The number of nitrogens with zero attached hydrogens (tertiary/aromatic N) is 4.